The lowest BCUT2D eigenvalue weighted by Crippen LogP contribution is -2.48. The minimum absolute atomic E-state index is 0.615. The summed E-state index contributed by atoms with van der Waals surface area (Å²) < 4.78 is 9.44. The zero-order valence-corrected chi connectivity index (χ0v) is 33.3. The number of hydrogen-bond acceptors (Lipinski definition) is 4. The van der Waals surface area contributed by atoms with E-state index in [-0.39, 0.29) is 0 Å². The average molecular weight is 723 g/mol. The van der Waals surface area contributed by atoms with Gasteiger partial charge in [0.05, 0.1) is 5.69 Å². The van der Waals surface area contributed by atoms with E-state index in [2.05, 4.69) is 126 Å². The highest BCUT2D eigenvalue weighted by atomic mass is 16.3. The highest BCUT2D eigenvalue weighted by Crippen LogP contribution is 2.38. The molecule has 0 N–H and O–H groups in total. The molecule has 0 aliphatic heterocycles. The van der Waals surface area contributed by atoms with Crippen molar-refractivity contribution >= 4 is 137 Å². The molecule has 0 atom stereocenters. The average Bonchev–Trinajstić information content (AvgIpc) is 3.82. The highest BCUT2D eigenvalue weighted by molar-refractivity contribution is 6.69. The van der Waals surface area contributed by atoms with Gasteiger partial charge >= 0.3 is 0 Å². The van der Waals surface area contributed by atoms with E-state index in [1.165, 1.54) is 71.2 Å². The molecule has 0 aliphatic rings. The number of benzene rings is 7. The molecule has 10 rings (SSSR count). The van der Waals surface area contributed by atoms with Crippen LogP contribution in [0.5, 0.6) is 0 Å². The zero-order chi connectivity index (χ0) is 39.1. The zero-order valence-electron chi connectivity index (χ0n) is 33.3. The molecule has 5 nitrogen and oxygen atoms in total. The van der Waals surface area contributed by atoms with Crippen molar-refractivity contribution < 1.29 is 4.42 Å². The van der Waals surface area contributed by atoms with Crippen molar-refractivity contribution in [2.24, 2.45) is 0 Å². The van der Waals surface area contributed by atoms with Gasteiger partial charge in [-0.1, -0.05) is 136 Å². The van der Waals surface area contributed by atoms with Gasteiger partial charge in [-0.15, -0.1) is 5.46 Å². The van der Waals surface area contributed by atoms with Crippen LogP contribution in [0.4, 0.5) is 0 Å². The van der Waals surface area contributed by atoms with E-state index in [4.69, 9.17) is 19.4 Å². The molecule has 262 valence electrons. The molecule has 3 aromatic heterocycles. The Morgan fingerprint density at radius 2 is 0.912 bits per heavy atom. The van der Waals surface area contributed by atoms with Crippen molar-refractivity contribution in [1.29, 1.82) is 0 Å². The third-order valence-corrected chi connectivity index (χ3v) is 12.4. The van der Waals surface area contributed by atoms with Crippen LogP contribution < -0.4 is 38.2 Å². The summed E-state index contributed by atoms with van der Waals surface area (Å²) in [6.07, 6.45) is 0. The van der Waals surface area contributed by atoms with Crippen molar-refractivity contribution in [2.75, 3.05) is 0 Å². The molecule has 0 saturated heterocycles. The summed E-state index contributed by atoms with van der Waals surface area (Å²) in [6.45, 7) is 0. The van der Waals surface area contributed by atoms with Gasteiger partial charge < -0.3 is 8.98 Å². The van der Waals surface area contributed by atoms with Crippen LogP contribution in [0.2, 0.25) is 0 Å². The molecule has 0 radical (unpaired) electrons. The Hall–Kier alpha value is -6.40. The monoisotopic (exact) mass is 724 g/mol. The standard InChI is InChI=1S/C45H35B7N4O/c46-33-30(22-11-4-1-5-12-22)36(49)40-31(34(33)47)32-35(48)37(50)38(51)39(52)41(32)56(40)28-18-10-17-26-27-21-25(19-20-29(27)57-42(26)28)45-54-43(23-13-6-2-7-14-23)53-44(55-45)24-15-8-3-9-16-24/h1-21H,46-52H2. The molecule has 12 heteroatoms. The molecule has 0 amide bonds. The second kappa shape index (κ2) is 13.4. The molecule has 0 bridgehead atoms. The fraction of sp³-hybridized carbons (Fsp3) is 0. The van der Waals surface area contributed by atoms with Crippen LogP contribution in [0.1, 0.15) is 0 Å². The van der Waals surface area contributed by atoms with E-state index >= 15 is 0 Å². The molecular weight excluding hydrogens is 688 g/mol. The van der Waals surface area contributed by atoms with Crippen LogP contribution in [-0.4, -0.2) is 74.4 Å². The second-order valence-corrected chi connectivity index (χ2v) is 15.4. The molecule has 7 aromatic carbocycles. The molecule has 0 unspecified atom stereocenters. The SMILES string of the molecule is Bc1c(B)c(B)c2c(c1B)c1c(B)c(B)c(-c3ccccc3)c(B)c1n2-c1cccc2c1oc1ccc(-c3nc(-c4ccccc4)nc(-c4ccccc4)n3)cc12. The van der Waals surface area contributed by atoms with E-state index in [1.54, 1.807) is 0 Å². The highest BCUT2D eigenvalue weighted by Gasteiger charge is 2.26. The number of hydrogen-bond donors (Lipinski definition) is 0. The van der Waals surface area contributed by atoms with E-state index in [0.29, 0.717) is 17.5 Å². The topological polar surface area (TPSA) is 56.7 Å². The van der Waals surface area contributed by atoms with Gasteiger partial charge in [-0.2, -0.15) is 0 Å². The summed E-state index contributed by atoms with van der Waals surface area (Å²) >= 11 is 0. The van der Waals surface area contributed by atoms with E-state index in [0.717, 1.165) is 44.3 Å². The van der Waals surface area contributed by atoms with E-state index in [9.17, 15) is 0 Å². The third-order valence-electron chi connectivity index (χ3n) is 12.4. The molecule has 10 aromatic rings. The van der Waals surface area contributed by atoms with Gasteiger partial charge in [-0.05, 0) is 46.2 Å². The quantitative estimate of drug-likeness (QED) is 0.222. The molecule has 3 heterocycles. The Bertz CT molecular complexity index is 3200. The molecule has 0 aliphatic carbocycles. The van der Waals surface area contributed by atoms with Gasteiger partial charge in [0, 0.05) is 38.5 Å². The first-order valence-corrected chi connectivity index (χ1v) is 19.6. The number of aromatic nitrogens is 4. The summed E-state index contributed by atoms with van der Waals surface area (Å²) in [4.78, 5) is 15.0. The number of nitrogens with zero attached hydrogens (tertiary/aromatic N) is 4. The maximum atomic E-state index is 6.94. The van der Waals surface area contributed by atoms with Crippen molar-refractivity contribution in [3.05, 3.63) is 127 Å². The normalized spacial score (nSPS) is 11.6. The van der Waals surface area contributed by atoms with Gasteiger partial charge in [0.25, 0.3) is 0 Å². The summed E-state index contributed by atoms with van der Waals surface area (Å²) in [6, 6.07) is 43.9. The van der Waals surface area contributed by atoms with Gasteiger partial charge in [-0.25, -0.2) is 15.0 Å². The molecule has 0 saturated carbocycles. The van der Waals surface area contributed by atoms with Crippen LogP contribution in [0, 0.1) is 0 Å². The van der Waals surface area contributed by atoms with Crippen LogP contribution in [0.15, 0.2) is 132 Å². The maximum Gasteiger partial charge on any atom is 0.164 e. The summed E-state index contributed by atoms with van der Waals surface area (Å²) in [5.41, 5.74) is 19.6. The minimum Gasteiger partial charge on any atom is -0.454 e. The summed E-state index contributed by atoms with van der Waals surface area (Å²) in [7, 11) is 16.0. The lowest BCUT2D eigenvalue weighted by atomic mass is 9.64. The van der Waals surface area contributed by atoms with Crippen molar-refractivity contribution in [3.63, 3.8) is 0 Å². The smallest absolute Gasteiger partial charge is 0.164 e. The minimum atomic E-state index is 0.615. The predicted octanol–water partition coefficient (Wildman–Crippen LogP) is -0.655. The second-order valence-electron chi connectivity index (χ2n) is 15.4. The lowest BCUT2D eigenvalue weighted by molar-refractivity contribution is 0.666. The Morgan fingerprint density at radius 1 is 0.404 bits per heavy atom. The van der Waals surface area contributed by atoms with Crippen LogP contribution >= 0.6 is 0 Å². The van der Waals surface area contributed by atoms with Gasteiger partial charge in [0.15, 0.2) is 23.1 Å². The van der Waals surface area contributed by atoms with E-state index < -0.39 is 0 Å². The van der Waals surface area contributed by atoms with Gasteiger partial charge in [-0.3, -0.25) is 0 Å². The first-order chi connectivity index (χ1) is 27.7. The first-order valence-electron chi connectivity index (χ1n) is 19.6. The van der Waals surface area contributed by atoms with Crippen LogP contribution in [0.3, 0.4) is 0 Å². The van der Waals surface area contributed by atoms with Crippen LogP contribution in [0.25, 0.3) is 94.7 Å². The third kappa shape index (κ3) is 5.38. The van der Waals surface area contributed by atoms with Crippen LogP contribution in [-0.2, 0) is 0 Å². The number of furan rings is 1. The van der Waals surface area contributed by atoms with Crippen molar-refractivity contribution in [2.45, 2.75) is 0 Å². The number of fused-ring (bicyclic) bond motifs is 6. The summed E-state index contributed by atoms with van der Waals surface area (Å²) in [5, 5.41) is 4.70. The fourth-order valence-corrected chi connectivity index (χ4v) is 9.03. The Balaban J connectivity index is 1.25. The maximum absolute atomic E-state index is 6.94. The van der Waals surface area contributed by atoms with Crippen molar-refractivity contribution in [1.82, 2.24) is 19.5 Å². The molecule has 0 spiro atoms. The largest absolute Gasteiger partial charge is 0.454 e. The summed E-state index contributed by atoms with van der Waals surface area (Å²) in [5.74, 6) is 1.89. The van der Waals surface area contributed by atoms with E-state index in [1.807, 2.05) is 60.7 Å². The lowest BCUT2D eigenvalue weighted by Gasteiger charge is -2.19. The predicted molar refractivity (Wildman–Crippen MR) is 260 cm³/mol. The molecular formula is C45H35B7N4O. The van der Waals surface area contributed by atoms with Gasteiger partial charge in [0.1, 0.15) is 60.5 Å². The first kappa shape index (κ1) is 35.0. The molecule has 0 fully saturated rings. The Morgan fingerprint density at radius 3 is 1.51 bits per heavy atom. The number of para-hydroxylation sites is 1. The number of rotatable bonds is 5. The van der Waals surface area contributed by atoms with Crippen molar-refractivity contribution in [3.8, 4) is 51.0 Å². The fourth-order valence-electron chi connectivity index (χ4n) is 9.03. The Labute approximate surface area is 337 Å². The molecule has 57 heavy (non-hydrogen) atoms. The van der Waals surface area contributed by atoms with Gasteiger partial charge in [0.2, 0.25) is 0 Å². The Kier molecular flexibility index (Phi) is 8.22.